The first-order chi connectivity index (χ1) is 8.84. The van der Waals surface area contributed by atoms with Crippen LogP contribution in [0.4, 0.5) is 0 Å². The lowest BCUT2D eigenvalue weighted by Gasteiger charge is -2.17. The Morgan fingerprint density at radius 3 is 2.00 bits per heavy atom. The third-order valence-corrected chi connectivity index (χ3v) is 3.29. The molecule has 0 fully saturated rings. The molecular weight excluding hydrogens is 260 g/mol. The molecule has 4 nitrogen and oxygen atoms in total. The summed E-state index contributed by atoms with van der Waals surface area (Å²) in [5, 5.41) is 0. The Labute approximate surface area is 115 Å². The van der Waals surface area contributed by atoms with Crippen LogP contribution in [-0.4, -0.2) is 28.5 Å². The molecule has 0 aliphatic heterocycles. The van der Waals surface area contributed by atoms with Gasteiger partial charge in [-0.3, -0.25) is 4.79 Å². The van der Waals surface area contributed by atoms with E-state index in [9.17, 15) is 4.79 Å². The molecule has 0 saturated heterocycles. The molecule has 1 aromatic carbocycles. The molecule has 0 aliphatic carbocycles. The number of carbonyl (C=O) groups excluding carboxylic acids is 1. The molecule has 0 unspecified atom stereocenters. The zero-order valence-corrected chi connectivity index (χ0v) is 13.3. The van der Waals surface area contributed by atoms with Gasteiger partial charge in [0.15, 0.2) is 0 Å². The highest BCUT2D eigenvalue weighted by Crippen LogP contribution is 2.23. The lowest BCUT2D eigenvalue weighted by Crippen LogP contribution is -2.29. The molecule has 0 aromatic heterocycles. The third kappa shape index (κ3) is 5.78. The van der Waals surface area contributed by atoms with Crippen molar-refractivity contribution in [2.24, 2.45) is 0 Å². The zero-order chi connectivity index (χ0) is 14.5. The van der Waals surface area contributed by atoms with E-state index in [1.807, 2.05) is 37.8 Å². The fourth-order valence-corrected chi connectivity index (χ4v) is 2.43. The van der Waals surface area contributed by atoms with Crippen molar-refractivity contribution < 1.29 is 18.7 Å². The number of methoxy groups -OCH3 is 2. The Morgan fingerprint density at radius 2 is 1.58 bits per heavy atom. The SMILES string of the molecule is COc1cc(CCC(=O)O[Si](C)(C)C)cc(OC)c1. The van der Waals surface area contributed by atoms with Crippen LogP contribution in [0.2, 0.25) is 19.6 Å². The minimum atomic E-state index is -1.79. The lowest BCUT2D eigenvalue weighted by atomic mass is 10.1. The van der Waals surface area contributed by atoms with Crippen LogP contribution in [0.15, 0.2) is 18.2 Å². The predicted molar refractivity (Wildman–Crippen MR) is 77.3 cm³/mol. The van der Waals surface area contributed by atoms with Crippen molar-refractivity contribution >= 4 is 14.3 Å². The quantitative estimate of drug-likeness (QED) is 0.752. The van der Waals surface area contributed by atoms with Gasteiger partial charge in [-0.2, -0.15) is 0 Å². The molecule has 5 heteroatoms. The summed E-state index contributed by atoms with van der Waals surface area (Å²) in [5.74, 6) is 1.32. The summed E-state index contributed by atoms with van der Waals surface area (Å²) in [5.41, 5.74) is 1.00. The number of ether oxygens (including phenoxy) is 2. The van der Waals surface area contributed by atoms with Gasteiger partial charge >= 0.3 is 0 Å². The fraction of sp³-hybridized carbons (Fsp3) is 0.500. The fourth-order valence-electron chi connectivity index (χ4n) is 1.65. The van der Waals surface area contributed by atoms with Crippen LogP contribution >= 0.6 is 0 Å². The van der Waals surface area contributed by atoms with Gasteiger partial charge in [0.25, 0.3) is 5.97 Å². The van der Waals surface area contributed by atoms with E-state index in [0.717, 1.165) is 17.1 Å². The first-order valence-electron chi connectivity index (χ1n) is 6.28. The Morgan fingerprint density at radius 1 is 1.05 bits per heavy atom. The summed E-state index contributed by atoms with van der Waals surface area (Å²) < 4.78 is 15.8. The number of carbonyl (C=O) groups is 1. The van der Waals surface area contributed by atoms with Crippen molar-refractivity contribution in [3.8, 4) is 11.5 Å². The molecule has 0 aliphatic rings. The molecule has 106 valence electrons. The molecule has 0 N–H and O–H groups in total. The van der Waals surface area contributed by atoms with Gasteiger partial charge in [0, 0.05) is 12.5 Å². The average molecular weight is 282 g/mol. The summed E-state index contributed by atoms with van der Waals surface area (Å²) in [7, 11) is 1.43. The van der Waals surface area contributed by atoms with Crippen molar-refractivity contribution in [3.05, 3.63) is 23.8 Å². The van der Waals surface area contributed by atoms with E-state index in [-0.39, 0.29) is 5.97 Å². The maximum Gasteiger partial charge on any atom is 0.292 e. The second-order valence-electron chi connectivity index (χ2n) is 5.31. The van der Waals surface area contributed by atoms with Crippen LogP contribution in [0, 0.1) is 0 Å². The highest BCUT2D eigenvalue weighted by Gasteiger charge is 2.19. The normalized spacial score (nSPS) is 11.0. The number of benzene rings is 1. The Balaban J connectivity index is 2.64. The maximum atomic E-state index is 11.7. The first-order valence-corrected chi connectivity index (χ1v) is 9.68. The van der Waals surface area contributed by atoms with E-state index in [1.54, 1.807) is 14.2 Å². The van der Waals surface area contributed by atoms with E-state index >= 15 is 0 Å². The lowest BCUT2D eigenvalue weighted by molar-refractivity contribution is -0.135. The van der Waals surface area contributed by atoms with Gasteiger partial charge in [-0.1, -0.05) is 0 Å². The molecule has 1 rings (SSSR count). The van der Waals surface area contributed by atoms with Gasteiger partial charge in [0.2, 0.25) is 8.32 Å². The molecule has 19 heavy (non-hydrogen) atoms. The van der Waals surface area contributed by atoms with Crippen molar-refractivity contribution in [1.82, 2.24) is 0 Å². The number of aryl methyl sites for hydroxylation is 1. The van der Waals surface area contributed by atoms with Gasteiger partial charge in [-0.05, 0) is 43.8 Å². The second kappa shape index (κ2) is 6.61. The molecule has 0 bridgehead atoms. The summed E-state index contributed by atoms with van der Waals surface area (Å²) in [4.78, 5) is 11.7. The smallest absolute Gasteiger partial charge is 0.292 e. The Hall–Kier alpha value is -1.49. The highest BCUT2D eigenvalue weighted by atomic mass is 28.4. The van der Waals surface area contributed by atoms with Gasteiger partial charge in [0.05, 0.1) is 14.2 Å². The van der Waals surface area contributed by atoms with Crippen LogP contribution in [0.3, 0.4) is 0 Å². The topological polar surface area (TPSA) is 44.8 Å². The van der Waals surface area contributed by atoms with Crippen molar-refractivity contribution in [2.75, 3.05) is 14.2 Å². The Kier molecular flexibility index (Phi) is 5.41. The molecular formula is C14H22O4Si. The summed E-state index contributed by atoms with van der Waals surface area (Å²) in [6, 6.07) is 5.62. The van der Waals surface area contributed by atoms with Crippen LogP contribution in [-0.2, 0) is 15.6 Å². The van der Waals surface area contributed by atoms with Crippen LogP contribution in [0.5, 0.6) is 11.5 Å². The molecule has 0 saturated carbocycles. The number of rotatable bonds is 6. The monoisotopic (exact) mass is 282 g/mol. The number of hydrogen-bond donors (Lipinski definition) is 0. The Bertz CT molecular complexity index is 415. The van der Waals surface area contributed by atoms with E-state index in [2.05, 4.69) is 0 Å². The summed E-state index contributed by atoms with van der Waals surface area (Å²) >= 11 is 0. The van der Waals surface area contributed by atoms with E-state index in [4.69, 9.17) is 13.9 Å². The molecule has 0 radical (unpaired) electrons. The van der Waals surface area contributed by atoms with Gasteiger partial charge in [-0.25, -0.2) is 0 Å². The predicted octanol–water partition coefficient (Wildman–Crippen LogP) is 3.01. The average Bonchev–Trinajstić information content (AvgIpc) is 2.33. The minimum absolute atomic E-state index is 0.138. The second-order valence-corrected chi connectivity index (χ2v) is 9.74. The largest absolute Gasteiger partial charge is 0.520 e. The third-order valence-electron chi connectivity index (χ3n) is 2.45. The standard InChI is InChI=1S/C14H22O4Si/c1-16-12-8-11(9-13(10-12)17-2)6-7-14(15)18-19(3,4)5/h8-10H,6-7H2,1-5H3. The zero-order valence-electron chi connectivity index (χ0n) is 12.3. The van der Waals surface area contributed by atoms with Crippen molar-refractivity contribution in [1.29, 1.82) is 0 Å². The molecule has 0 amide bonds. The van der Waals surface area contributed by atoms with Gasteiger partial charge < -0.3 is 13.9 Å². The number of hydrogen-bond acceptors (Lipinski definition) is 4. The van der Waals surface area contributed by atoms with Crippen molar-refractivity contribution in [3.63, 3.8) is 0 Å². The van der Waals surface area contributed by atoms with Crippen LogP contribution in [0.25, 0.3) is 0 Å². The van der Waals surface area contributed by atoms with Crippen LogP contribution < -0.4 is 9.47 Å². The summed E-state index contributed by atoms with van der Waals surface area (Å²) in [6.07, 6.45) is 0.997. The van der Waals surface area contributed by atoms with Gasteiger partial charge in [-0.15, -0.1) is 0 Å². The highest BCUT2D eigenvalue weighted by molar-refractivity contribution is 6.71. The molecule has 0 spiro atoms. The molecule has 0 atom stereocenters. The van der Waals surface area contributed by atoms with E-state index < -0.39 is 8.32 Å². The maximum absolute atomic E-state index is 11.7. The van der Waals surface area contributed by atoms with E-state index in [1.165, 1.54) is 0 Å². The first kappa shape index (κ1) is 15.6. The molecule has 0 heterocycles. The van der Waals surface area contributed by atoms with Crippen LogP contribution in [0.1, 0.15) is 12.0 Å². The van der Waals surface area contributed by atoms with Crippen molar-refractivity contribution in [2.45, 2.75) is 32.5 Å². The van der Waals surface area contributed by atoms with E-state index in [0.29, 0.717) is 12.8 Å². The minimum Gasteiger partial charge on any atom is -0.520 e. The summed E-state index contributed by atoms with van der Waals surface area (Å²) in [6.45, 7) is 6.00. The molecule has 1 aromatic rings. The van der Waals surface area contributed by atoms with Gasteiger partial charge in [0.1, 0.15) is 11.5 Å².